The van der Waals surface area contributed by atoms with E-state index in [2.05, 4.69) is 0 Å². The summed E-state index contributed by atoms with van der Waals surface area (Å²) in [5.74, 6) is 1.89. The van der Waals surface area contributed by atoms with Crippen LogP contribution in [-0.4, -0.2) is 35.8 Å². The van der Waals surface area contributed by atoms with Gasteiger partial charge in [-0.05, 0) is 42.6 Å². The van der Waals surface area contributed by atoms with Crippen LogP contribution in [0.25, 0.3) is 0 Å². The van der Waals surface area contributed by atoms with Gasteiger partial charge in [0.2, 0.25) is 0 Å². The molecule has 4 nitrogen and oxygen atoms in total. The Labute approximate surface area is 125 Å². The zero-order valence-corrected chi connectivity index (χ0v) is 12.3. The van der Waals surface area contributed by atoms with Gasteiger partial charge in [-0.15, -0.1) is 0 Å². The molecule has 1 saturated heterocycles. The molecule has 1 heterocycles. The van der Waals surface area contributed by atoms with Crippen molar-refractivity contribution in [3.05, 3.63) is 35.9 Å². The molecule has 1 aliphatic heterocycles. The fourth-order valence-electron chi connectivity index (χ4n) is 3.38. The summed E-state index contributed by atoms with van der Waals surface area (Å²) in [6.07, 6.45) is 3.05. The molecular formula is C17H23NO3. The van der Waals surface area contributed by atoms with Crippen LogP contribution in [0.5, 0.6) is 0 Å². The van der Waals surface area contributed by atoms with Crippen LogP contribution in [0.15, 0.2) is 30.3 Å². The van der Waals surface area contributed by atoms with E-state index in [0.29, 0.717) is 31.0 Å². The summed E-state index contributed by atoms with van der Waals surface area (Å²) in [7, 11) is 0. The van der Waals surface area contributed by atoms with E-state index in [1.165, 1.54) is 6.42 Å². The summed E-state index contributed by atoms with van der Waals surface area (Å²) in [6, 6.07) is 9.76. The lowest BCUT2D eigenvalue weighted by molar-refractivity contribution is 0.0791. The highest BCUT2D eigenvalue weighted by Gasteiger charge is 2.43. The van der Waals surface area contributed by atoms with Gasteiger partial charge < -0.3 is 14.7 Å². The number of ether oxygens (including phenoxy) is 1. The smallest absolute Gasteiger partial charge is 0.410 e. The molecule has 1 aromatic carbocycles. The van der Waals surface area contributed by atoms with Gasteiger partial charge in [-0.2, -0.15) is 0 Å². The third kappa shape index (κ3) is 3.56. The Balaban J connectivity index is 1.41. The minimum atomic E-state index is -0.202. The van der Waals surface area contributed by atoms with Crippen molar-refractivity contribution in [2.45, 2.75) is 25.9 Å². The molecular weight excluding hydrogens is 266 g/mol. The highest BCUT2D eigenvalue weighted by atomic mass is 16.6. The van der Waals surface area contributed by atoms with Crippen molar-refractivity contribution in [3.63, 3.8) is 0 Å². The molecule has 0 spiro atoms. The minimum Gasteiger partial charge on any atom is -0.445 e. The van der Waals surface area contributed by atoms with E-state index in [1.807, 2.05) is 35.2 Å². The monoisotopic (exact) mass is 289 g/mol. The topological polar surface area (TPSA) is 49.8 Å². The molecule has 0 aromatic heterocycles. The van der Waals surface area contributed by atoms with E-state index in [9.17, 15) is 4.79 Å². The first-order valence-electron chi connectivity index (χ1n) is 7.84. The van der Waals surface area contributed by atoms with E-state index in [0.717, 1.165) is 31.5 Å². The second-order valence-electron chi connectivity index (χ2n) is 6.21. The Morgan fingerprint density at radius 3 is 2.57 bits per heavy atom. The number of nitrogens with zero attached hydrogens (tertiary/aromatic N) is 1. The van der Waals surface area contributed by atoms with Crippen molar-refractivity contribution in [2.24, 2.45) is 17.8 Å². The van der Waals surface area contributed by atoms with E-state index in [-0.39, 0.29) is 6.09 Å². The number of benzene rings is 1. The Bertz CT molecular complexity index is 468. The summed E-state index contributed by atoms with van der Waals surface area (Å²) in [5, 5.41) is 9.14. The van der Waals surface area contributed by atoms with Crippen molar-refractivity contribution in [1.82, 2.24) is 4.90 Å². The first-order chi connectivity index (χ1) is 10.3. The Hall–Kier alpha value is -1.55. The number of piperidine rings is 1. The molecule has 2 atom stereocenters. The number of carbonyl (C=O) groups excluding carboxylic acids is 1. The first kappa shape index (κ1) is 14.4. The number of amides is 1. The van der Waals surface area contributed by atoms with Crippen LogP contribution in [0.1, 0.15) is 24.8 Å². The average Bonchev–Trinajstić information content (AvgIpc) is 3.33. The second kappa shape index (κ2) is 6.48. The lowest BCUT2D eigenvalue weighted by Crippen LogP contribution is -2.39. The normalized spacial score (nSPS) is 25.7. The quantitative estimate of drug-likeness (QED) is 0.927. The predicted octanol–water partition coefficient (Wildman–Crippen LogP) is 2.66. The standard InChI is InChI=1S/C17H23NO3/c19-11-15-10-16(15)14-6-8-18(9-7-14)17(20)21-12-13-4-2-1-3-5-13/h1-5,14-16,19H,6-12H2/t15?,16-/m1/s1. The number of rotatable bonds is 4. The summed E-state index contributed by atoms with van der Waals surface area (Å²) in [4.78, 5) is 13.9. The van der Waals surface area contributed by atoms with Gasteiger partial charge in [-0.1, -0.05) is 30.3 Å². The molecule has 1 aliphatic carbocycles. The fraction of sp³-hybridized carbons (Fsp3) is 0.588. The molecule has 4 heteroatoms. The lowest BCUT2D eigenvalue weighted by Gasteiger charge is -2.31. The number of carbonyl (C=O) groups is 1. The Kier molecular flexibility index (Phi) is 4.44. The maximum absolute atomic E-state index is 12.0. The molecule has 1 amide bonds. The van der Waals surface area contributed by atoms with Gasteiger partial charge in [0, 0.05) is 19.7 Å². The molecule has 21 heavy (non-hydrogen) atoms. The summed E-state index contributed by atoms with van der Waals surface area (Å²) in [5.41, 5.74) is 1.02. The van der Waals surface area contributed by atoms with Crippen LogP contribution in [0.3, 0.4) is 0 Å². The number of aliphatic hydroxyl groups is 1. The molecule has 3 rings (SSSR count). The molecule has 2 aliphatic rings. The highest BCUT2D eigenvalue weighted by Crippen LogP contribution is 2.47. The van der Waals surface area contributed by atoms with Gasteiger partial charge in [0.15, 0.2) is 0 Å². The molecule has 2 fully saturated rings. The number of likely N-dealkylation sites (tertiary alicyclic amines) is 1. The van der Waals surface area contributed by atoms with E-state index in [1.54, 1.807) is 0 Å². The van der Waals surface area contributed by atoms with Crippen molar-refractivity contribution >= 4 is 6.09 Å². The second-order valence-corrected chi connectivity index (χ2v) is 6.21. The maximum atomic E-state index is 12.0. The predicted molar refractivity (Wildman–Crippen MR) is 79.6 cm³/mol. The highest BCUT2D eigenvalue weighted by molar-refractivity contribution is 5.67. The van der Waals surface area contributed by atoms with Crippen molar-refractivity contribution in [2.75, 3.05) is 19.7 Å². The van der Waals surface area contributed by atoms with Crippen molar-refractivity contribution in [3.8, 4) is 0 Å². The van der Waals surface area contributed by atoms with E-state index < -0.39 is 0 Å². The average molecular weight is 289 g/mol. The van der Waals surface area contributed by atoms with E-state index >= 15 is 0 Å². The summed E-state index contributed by atoms with van der Waals surface area (Å²) < 4.78 is 5.37. The van der Waals surface area contributed by atoms with Gasteiger partial charge in [0.1, 0.15) is 6.61 Å². The molecule has 1 aromatic rings. The first-order valence-corrected chi connectivity index (χ1v) is 7.84. The van der Waals surface area contributed by atoms with Crippen LogP contribution < -0.4 is 0 Å². The molecule has 0 radical (unpaired) electrons. The Morgan fingerprint density at radius 2 is 1.95 bits per heavy atom. The van der Waals surface area contributed by atoms with Crippen LogP contribution >= 0.6 is 0 Å². The molecule has 1 unspecified atom stereocenters. The van der Waals surface area contributed by atoms with Crippen LogP contribution in [0.4, 0.5) is 4.79 Å². The largest absolute Gasteiger partial charge is 0.445 e. The lowest BCUT2D eigenvalue weighted by atomic mass is 9.91. The number of hydrogen-bond acceptors (Lipinski definition) is 3. The summed E-state index contributed by atoms with van der Waals surface area (Å²) in [6.45, 7) is 2.23. The maximum Gasteiger partial charge on any atom is 0.410 e. The van der Waals surface area contributed by atoms with Crippen molar-refractivity contribution in [1.29, 1.82) is 0 Å². The molecule has 1 saturated carbocycles. The Morgan fingerprint density at radius 1 is 1.24 bits per heavy atom. The number of hydrogen-bond donors (Lipinski definition) is 1. The van der Waals surface area contributed by atoms with Crippen LogP contribution in [0.2, 0.25) is 0 Å². The zero-order chi connectivity index (χ0) is 14.7. The molecule has 0 bridgehead atoms. The van der Waals surface area contributed by atoms with Crippen molar-refractivity contribution < 1.29 is 14.6 Å². The van der Waals surface area contributed by atoms with Gasteiger partial charge in [0.05, 0.1) is 0 Å². The van der Waals surface area contributed by atoms with Gasteiger partial charge in [0.25, 0.3) is 0 Å². The molecule has 1 N–H and O–H groups in total. The SMILES string of the molecule is O=C(OCc1ccccc1)N1CCC([C@H]2CC2CO)CC1. The number of aliphatic hydroxyl groups excluding tert-OH is 1. The summed E-state index contributed by atoms with van der Waals surface area (Å²) >= 11 is 0. The van der Waals surface area contributed by atoms with Gasteiger partial charge >= 0.3 is 6.09 Å². The minimum absolute atomic E-state index is 0.202. The zero-order valence-electron chi connectivity index (χ0n) is 12.3. The van der Waals surface area contributed by atoms with Gasteiger partial charge in [-0.25, -0.2) is 4.79 Å². The van der Waals surface area contributed by atoms with Gasteiger partial charge in [-0.3, -0.25) is 0 Å². The third-order valence-electron chi connectivity index (χ3n) is 4.82. The fourth-order valence-corrected chi connectivity index (χ4v) is 3.38. The third-order valence-corrected chi connectivity index (χ3v) is 4.82. The van der Waals surface area contributed by atoms with Crippen LogP contribution in [-0.2, 0) is 11.3 Å². The molecule has 114 valence electrons. The van der Waals surface area contributed by atoms with E-state index in [4.69, 9.17) is 9.84 Å². The van der Waals surface area contributed by atoms with Crippen LogP contribution in [0, 0.1) is 17.8 Å².